The fourth-order valence-electron chi connectivity index (χ4n) is 1.41. The lowest BCUT2D eigenvalue weighted by Crippen LogP contribution is -3.00. The van der Waals surface area contributed by atoms with Crippen LogP contribution in [0.2, 0.25) is 0 Å². The first-order valence-electron chi connectivity index (χ1n) is 6.06. The van der Waals surface area contributed by atoms with Crippen LogP contribution < -0.4 is 12.4 Å². The van der Waals surface area contributed by atoms with Crippen LogP contribution in [0.3, 0.4) is 0 Å². The molecule has 0 fully saturated rings. The highest BCUT2D eigenvalue weighted by Gasteiger charge is 2.16. The van der Waals surface area contributed by atoms with E-state index in [0.717, 1.165) is 0 Å². The minimum absolute atomic E-state index is 0. The lowest BCUT2D eigenvalue weighted by molar-refractivity contribution is -0.873. The van der Waals surface area contributed by atoms with E-state index in [0.29, 0.717) is 30.8 Å². The first-order valence-corrected chi connectivity index (χ1v) is 6.06. The zero-order valence-electron chi connectivity index (χ0n) is 12.1. The van der Waals surface area contributed by atoms with Gasteiger partial charge in [-0.1, -0.05) is 0 Å². The van der Waals surface area contributed by atoms with Gasteiger partial charge in [0.2, 0.25) is 0 Å². The molecule has 0 rings (SSSR count). The average molecular weight is 286 g/mol. The third kappa shape index (κ3) is 14.2. The second-order valence-electron chi connectivity index (χ2n) is 5.66. The standard InChI is InChI=1S/C12H28NO4.ClH/c1-10(14)7-16-8-11(2)17-9-12(15)6-13(3,4)5;/h10-12,14-15H,6-9H2,1-5H3;1H/q+1;/p-1. The van der Waals surface area contributed by atoms with Crippen molar-refractivity contribution in [2.24, 2.45) is 0 Å². The van der Waals surface area contributed by atoms with Crippen LogP contribution in [0.4, 0.5) is 0 Å². The molecule has 18 heavy (non-hydrogen) atoms. The number of halogens is 1. The van der Waals surface area contributed by atoms with Gasteiger partial charge in [0.25, 0.3) is 0 Å². The van der Waals surface area contributed by atoms with E-state index in [9.17, 15) is 5.11 Å². The van der Waals surface area contributed by atoms with Crippen molar-refractivity contribution < 1.29 is 36.6 Å². The third-order valence-corrected chi connectivity index (χ3v) is 2.04. The number of hydrogen-bond acceptors (Lipinski definition) is 4. The summed E-state index contributed by atoms with van der Waals surface area (Å²) in [6.07, 6.45) is -0.990. The Kier molecular flexibility index (Phi) is 11.3. The van der Waals surface area contributed by atoms with Gasteiger partial charge in [0.1, 0.15) is 12.6 Å². The maximum absolute atomic E-state index is 9.73. The summed E-state index contributed by atoms with van der Waals surface area (Å²) in [7, 11) is 6.08. The molecule has 3 unspecified atom stereocenters. The zero-order chi connectivity index (χ0) is 13.5. The van der Waals surface area contributed by atoms with E-state index in [1.54, 1.807) is 6.92 Å². The fraction of sp³-hybridized carbons (Fsp3) is 1.00. The topological polar surface area (TPSA) is 58.9 Å². The fourth-order valence-corrected chi connectivity index (χ4v) is 1.41. The van der Waals surface area contributed by atoms with Crippen molar-refractivity contribution in [2.45, 2.75) is 32.2 Å². The molecular weight excluding hydrogens is 258 g/mol. The van der Waals surface area contributed by atoms with Gasteiger partial charge in [-0.2, -0.15) is 0 Å². The van der Waals surface area contributed by atoms with Gasteiger partial charge in [0.05, 0.1) is 53.2 Å². The zero-order valence-corrected chi connectivity index (χ0v) is 12.9. The molecular formula is C12H28ClNO4. The maximum atomic E-state index is 9.73. The van der Waals surface area contributed by atoms with Crippen molar-refractivity contribution >= 4 is 0 Å². The van der Waals surface area contributed by atoms with E-state index < -0.39 is 12.2 Å². The molecule has 0 aromatic rings. The molecule has 0 heterocycles. The lowest BCUT2D eigenvalue weighted by atomic mass is 10.3. The molecule has 0 saturated carbocycles. The summed E-state index contributed by atoms with van der Waals surface area (Å²) in [5, 5.41) is 18.7. The van der Waals surface area contributed by atoms with E-state index >= 15 is 0 Å². The molecule has 3 atom stereocenters. The van der Waals surface area contributed by atoms with Gasteiger partial charge in [-0.25, -0.2) is 0 Å². The van der Waals surface area contributed by atoms with Crippen LogP contribution in [0.15, 0.2) is 0 Å². The van der Waals surface area contributed by atoms with Crippen LogP contribution in [0.1, 0.15) is 13.8 Å². The first-order chi connectivity index (χ1) is 7.70. The van der Waals surface area contributed by atoms with Gasteiger partial charge >= 0.3 is 0 Å². The van der Waals surface area contributed by atoms with E-state index in [2.05, 4.69) is 0 Å². The van der Waals surface area contributed by atoms with E-state index in [4.69, 9.17) is 14.6 Å². The summed E-state index contributed by atoms with van der Waals surface area (Å²) >= 11 is 0. The highest BCUT2D eigenvalue weighted by molar-refractivity contribution is 4.55. The molecule has 0 aliphatic heterocycles. The predicted octanol–water partition coefficient (Wildman–Crippen LogP) is -3.14. The molecule has 0 aliphatic carbocycles. The Balaban J connectivity index is 0. The molecule has 5 nitrogen and oxygen atoms in total. The monoisotopic (exact) mass is 285 g/mol. The van der Waals surface area contributed by atoms with Crippen molar-refractivity contribution in [1.29, 1.82) is 0 Å². The molecule has 2 N–H and O–H groups in total. The highest BCUT2D eigenvalue weighted by Crippen LogP contribution is 1.99. The van der Waals surface area contributed by atoms with Gasteiger partial charge in [-0.05, 0) is 13.8 Å². The normalized spacial score (nSPS) is 16.8. The number of aliphatic hydroxyl groups is 2. The largest absolute Gasteiger partial charge is 1.00 e. The highest BCUT2D eigenvalue weighted by atomic mass is 35.5. The Bertz CT molecular complexity index is 197. The van der Waals surface area contributed by atoms with E-state index in [-0.39, 0.29) is 18.5 Å². The van der Waals surface area contributed by atoms with Crippen LogP contribution in [-0.4, -0.2) is 80.5 Å². The first kappa shape index (κ1) is 20.4. The minimum atomic E-state index is -0.464. The second kappa shape index (κ2) is 9.95. The Morgan fingerprint density at radius 1 is 1.00 bits per heavy atom. The number of aliphatic hydroxyl groups excluding tert-OH is 2. The number of rotatable bonds is 9. The quantitative estimate of drug-likeness (QED) is 0.440. The van der Waals surface area contributed by atoms with Crippen LogP contribution in [0, 0.1) is 0 Å². The Hall–Kier alpha value is 0.0900. The van der Waals surface area contributed by atoms with E-state index in [1.807, 2.05) is 28.1 Å². The second-order valence-corrected chi connectivity index (χ2v) is 5.66. The molecule has 6 heteroatoms. The lowest BCUT2D eigenvalue weighted by Gasteiger charge is -2.27. The molecule has 0 bridgehead atoms. The van der Waals surface area contributed by atoms with Crippen molar-refractivity contribution in [1.82, 2.24) is 0 Å². The number of hydrogen-bond donors (Lipinski definition) is 2. The summed E-state index contributed by atoms with van der Waals surface area (Å²) in [4.78, 5) is 0. The minimum Gasteiger partial charge on any atom is -1.00 e. The van der Waals surface area contributed by atoms with Crippen molar-refractivity contribution in [3.8, 4) is 0 Å². The van der Waals surface area contributed by atoms with Crippen molar-refractivity contribution in [3.63, 3.8) is 0 Å². The number of ether oxygens (including phenoxy) is 2. The Labute approximate surface area is 117 Å². The summed E-state index contributed by atoms with van der Waals surface area (Å²) in [5.41, 5.74) is 0. The van der Waals surface area contributed by atoms with Crippen LogP contribution in [-0.2, 0) is 9.47 Å². The summed E-state index contributed by atoms with van der Waals surface area (Å²) in [6.45, 7) is 5.28. The SMILES string of the molecule is CC(O)COCC(C)OCC(O)C[N+](C)(C)C.[Cl-]. The van der Waals surface area contributed by atoms with Crippen molar-refractivity contribution in [2.75, 3.05) is 47.5 Å². The van der Waals surface area contributed by atoms with Crippen molar-refractivity contribution in [3.05, 3.63) is 0 Å². The molecule has 0 saturated heterocycles. The molecule has 0 aliphatic rings. The Morgan fingerprint density at radius 2 is 1.56 bits per heavy atom. The predicted molar refractivity (Wildman–Crippen MR) is 66.8 cm³/mol. The van der Waals surface area contributed by atoms with Gasteiger partial charge in [-0.3, -0.25) is 0 Å². The van der Waals surface area contributed by atoms with Crippen LogP contribution in [0.25, 0.3) is 0 Å². The average Bonchev–Trinajstić information content (AvgIpc) is 2.11. The summed E-state index contributed by atoms with van der Waals surface area (Å²) in [6, 6.07) is 0. The molecule has 0 aromatic carbocycles. The number of nitrogens with zero attached hydrogens (tertiary/aromatic N) is 1. The summed E-state index contributed by atoms with van der Waals surface area (Å²) < 4.78 is 11.4. The van der Waals surface area contributed by atoms with Crippen LogP contribution in [0.5, 0.6) is 0 Å². The Morgan fingerprint density at radius 3 is 2.00 bits per heavy atom. The van der Waals surface area contributed by atoms with Gasteiger partial charge in [0, 0.05) is 0 Å². The molecule has 0 amide bonds. The third-order valence-electron chi connectivity index (χ3n) is 2.04. The number of likely N-dealkylation sites (N-methyl/N-ethyl adjacent to an activating group) is 1. The molecule has 0 aromatic heterocycles. The van der Waals surface area contributed by atoms with Crippen LogP contribution >= 0.6 is 0 Å². The molecule has 0 radical (unpaired) electrons. The maximum Gasteiger partial charge on any atom is 0.126 e. The smallest absolute Gasteiger partial charge is 0.126 e. The van der Waals surface area contributed by atoms with Gasteiger partial charge in [-0.15, -0.1) is 0 Å². The van der Waals surface area contributed by atoms with Gasteiger partial charge in [0.15, 0.2) is 0 Å². The molecule has 112 valence electrons. The summed E-state index contributed by atoms with van der Waals surface area (Å²) in [5.74, 6) is 0. The number of quaternary nitrogens is 1. The van der Waals surface area contributed by atoms with E-state index in [1.165, 1.54) is 0 Å². The molecule has 0 spiro atoms. The van der Waals surface area contributed by atoms with Gasteiger partial charge < -0.3 is 36.6 Å².